The first-order valence-corrected chi connectivity index (χ1v) is 40.9. The van der Waals surface area contributed by atoms with E-state index in [4.69, 9.17) is 13.6 Å². The van der Waals surface area contributed by atoms with Gasteiger partial charge in [0.1, 0.15) is 37.9 Å². The van der Waals surface area contributed by atoms with Crippen LogP contribution in [0.25, 0.3) is 0 Å². The van der Waals surface area contributed by atoms with Gasteiger partial charge >= 0.3 is 7.82 Å². The van der Waals surface area contributed by atoms with E-state index in [1.54, 1.807) is 0 Å². The molecule has 6 N–H and O–H groups in total. The maximum Gasteiger partial charge on any atom is 0.475 e. The molecule has 0 heterocycles. The van der Waals surface area contributed by atoms with Gasteiger partial charge in [-0.25, -0.2) is 4.57 Å². The molecule has 0 saturated heterocycles. The molecule has 0 aliphatic rings. The number of aliphatic hydroxyl groups excluding tert-OH is 3. The summed E-state index contributed by atoms with van der Waals surface area (Å²) in [6.07, 6.45) is 62.2. The summed E-state index contributed by atoms with van der Waals surface area (Å²) in [5, 5.41) is 43.0. The third kappa shape index (κ3) is 65.9. The third-order valence-electron chi connectivity index (χ3n) is 18.2. The Bertz CT molecular complexity index is 1710. The van der Waals surface area contributed by atoms with Crippen molar-refractivity contribution in [2.75, 3.05) is 121 Å². The lowest BCUT2D eigenvalue weighted by atomic mass is 10.1. The number of quaternary nitrogens is 3. The summed E-state index contributed by atoms with van der Waals surface area (Å²) < 4.78 is 33.0. The summed E-state index contributed by atoms with van der Waals surface area (Å²) in [6, 6.07) is 0. The molecular formula is C78H156N6O10P+3. The SMILES string of the molecule is CCCCCCCC/C=C\CCCCCCCC(=O)NCCC[N+](C)(C)CC(O)COP(=O)(OCC(O)C[N+](C)(C)CCCNC(=O)CCCCCCC/C=C\CCCCCCCC)OCC(O)C[N+](C)(C)CCCNC(=O)CCCCCCC/C=C\CCCCCCCC. The van der Waals surface area contributed by atoms with Gasteiger partial charge in [-0.2, -0.15) is 0 Å². The van der Waals surface area contributed by atoms with E-state index in [1.807, 2.05) is 42.3 Å². The number of nitrogens with one attached hydrogen (secondary N) is 3. The fraction of sp³-hybridized carbons (Fsp3) is 0.885. The first-order chi connectivity index (χ1) is 45.7. The molecule has 0 saturated carbocycles. The van der Waals surface area contributed by atoms with Gasteiger partial charge in [-0.05, 0) is 96.3 Å². The van der Waals surface area contributed by atoms with Crippen molar-refractivity contribution in [3.05, 3.63) is 36.5 Å². The van der Waals surface area contributed by atoms with Crippen molar-refractivity contribution in [2.45, 2.75) is 328 Å². The molecule has 0 spiro atoms. The highest BCUT2D eigenvalue weighted by molar-refractivity contribution is 7.48. The second-order valence-electron chi connectivity index (χ2n) is 29.9. The molecule has 0 aromatic carbocycles. The fourth-order valence-corrected chi connectivity index (χ4v) is 13.6. The molecule has 0 radical (unpaired) electrons. The molecular weight excluding hydrogens is 1210 g/mol. The lowest BCUT2D eigenvalue weighted by molar-refractivity contribution is -0.893. The van der Waals surface area contributed by atoms with E-state index in [0.717, 1.165) is 77.0 Å². The number of hydrogen-bond donors (Lipinski definition) is 6. The van der Waals surface area contributed by atoms with Crippen LogP contribution in [0.3, 0.4) is 0 Å². The second-order valence-corrected chi connectivity index (χ2v) is 31.6. The molecule has 3 atom stereocenters. The summed E-state index contributed by atoms with van der Waals surface area (Å²) in [4.78, 5) is 37.9. The molecule has 0 aliphatic carbocycles. The standard InChI is InChI=1S/C78H153N6O10P/c1-10-13-16-19-22-25-28-31-34-37-40-43-46-49-52-58-76(88)79-61-55-64-82(4,5)67-73(85)70-92-95(91,93-71-74(86)68-83(6,7)65-56-62-80-77(89)59-53-50-47-44-41-38-35-32-29-26-23-20-17-14-11-2)94-72-75(87)69-84(8,9)66-57-63-81-78(90)60-54-51-48-45-42-39-36-33-30-27-24-21-18-15-12-3/h31-36,73-75,85-87H,10-30,37-72H2,1-9H3/p+3/b34-31-,35-32-,36-33-. The zero-order chi connectivity index (χ0) is 70.3. The lowest BCUT2D eigenvalue weighted by Gasteiger charge is -2.33. The molecule has 0 aromatic heterocycles. The maximum absolute atomic E-state index is 14.4. The van der Waals surface area contributed by atoms with Crippen LogP contribution < -0.4 is 16.0 Å². The number of phosphoric ester groups is 1. The average Bonchev–Trinajstić information content (AvgIpc) is 1.01. The van der Waals surface area contributed by atoms with Gasteiger partial charge in [-0.1, -0.05) is 211 Å². The molecule has 560 valence electrons. The van der Waals surface area contributed by atoms with Gasteiger partial charge in [0.15, 0.2) is 0 Å². The van der Waals surface area contributed by atoms with Gasteiger partial charge in [-0.3, -0.25) is 28.0 Å². The van der Waals surface area contributed by atoms with E-state index >= 15 is 0 Å². The van der Waals surface area contributed by atoms with E-state index < -0.39 is 26.1 Å². The van der Waals surface area contributed by atoms with Crippen LogP contribution in [0.5, 0.6) is 0 Å². The zero-order valence-electron chi connectivity index (χ0n) is 63.5. The molecule has 0 bridgehead atoms. The van der Waals surface area contributed by atoms with Gasteiger partial charge in [-0.15, -0.1) is 0 Å². The highest BCUT2D eigenvalue weighted by atomic mass is 31.2. The number of likely N-dealkylation sites (N-methyl/N-ethyl adjacent to an activating group) is 3. The van der Waals surface area contributed by atoms with Crippen molar-refractivity contribution in [3.8, 4) is 0 Å². The summed E-state index contributed by atoms with van der Waals surface area (Å²) in [6.45, 7) is 10.1. The van der Waals surface area contributed by atoms with Crippen LogP contribution in [0, 0.1) is 0 Å². The summed E-state index contributed by atoms with van der Waals surface area (Å²) in [7, 11) is 7.48. The molecule has 3 unspecified atom stereocenters. The minimum Gasteiger partial charge on any atom is -0.385 e. The fourth-order valence-electron chi connectivity index (χ4n) is 12.3. The Morgan fingerprint density at radius 2 is 0.526 bits per heavy atom. The monoisotopic (exact) mass is 1370 g/mol. The van der Waals surface area contributed by atoms with E-state index in [9.17, 15) is 34.3 Å². The Hall–Kier alpha value is -2.50. The molecule has 0 rings (SSSR count). The van der Waals surface area contributed by atoms with Gasteiger partial charge in [0, 0.05) is 58.2 Å². The Labute approximate surface area is 585 Å². The van der Waals surface area contributed by atoms with Gasteiger partial charge in [0.05, 0.1) is 81.7 Å². The molecule has 95 heavy (non-hydrogen) atoms. The van der Waals surface area contributed by atoms with Gasteiger partial charge in [0.2, 0.25) is 17.7 Å². The van der Waals surface area contributed by atoms with E-state index in [0.29, 0.717) is 91.2 Å². The molecule has 0 aliphatic heterocycles. The molecule has 17 heteroatoms. The number of carbonyl (C=O) groups excluding carboxylic acids is 3. The second kappa shape index (κ2) is 63.7. The summed E-state index contributed by atoms with van der Waals surface area (Å²) >= 11 is 0. The number of nitrogens with zero attached hydrogens (tertiary/aromatic N) is 3. The van der Waals surface area contributed by atoms with Crippen LogP contribution in [0.4, 0.5) is 0 Å². The lowest BCUT2D eigenvalue weighted by Crippen LogP contribution is -2.48. The molecule has 16 nitrogen and oxygen atoms in total. The van der Waals surface area contributed by atoms with Crippen molar-refractivity contribution < 1.29 is 61.3 Å². The number of carbonyl (C=O) groups is 3. The highest BCUT2D eigenvalue weighted by Crippen LogP contribution is 2.50. The number of aliphatic hydroxyl groups is 3. The largest absolute Gasteiger partial charge is 0.475 e. The van der Waals surface area contributed by atoms with Crippen LogP contribution in [-0.4, -0.2) is 186 Å². The molecule has 0 fully saturated rings. The average molecular weight is 1370 g/mol. The zero-order valence-corrected chi connectivity index (χ0v) is 64.4. The predicted molar refractivity (Wildman–Crippen MR) is 400 cm³/mol. The number of unbranched alkanes of at least 4 members (excludes halogenated alkanes) is 33. The Morgan fingerprint density at radius 3 is 0.747 bits per heavy atom. The van der Waals surface area contributed by atoms with Crippen molar-refractivity contribution >= 4 is 25.5 Å². The van der Waals surface area contributed by atoms with Crippen molar-refractivity contribution in [3.63, 3.8) is 0 Å². The van der Waals surface area contributed by atoms with E-state index in [1.165, 1.54) is 173 Å². The van der Waals surface area contributed by atoms with Crippen LogP contribution in [0.1, 0.15) is 310 Å². The molecule has 3 amide bonds. The quantitative estimate of drug-likeness (QED) is 0.0148. The maximum atomic E-state index is 14.4. The summed E-state index contributed by atoms with van der Waals surface area (Å²) in [5.74, 6) is 0.200. The molecule has 0 aromatic rings. The minimum absolute atomic E-state index is 0.0666. The van der Waals surface area contributed by atoms with E-state index in [2.05, 4.69) is 73.2 Å². The Morgan fingerprint density at radius 1 is 0.326 bits per heavy atom. The van der Waals surface area contributed by atoms with Crippen molar-refractivity contribution in [2.24, 2.45) is 0 Å². The minimum atomic E-state index is -4.42. The number of phosphoric acid groups is 1. The third-order valence-corrected chi connectivity index (χ3v) is 19.6. The highest BCUT2D eigenvalue weighted by Gasteiger charge is 2.34. The number of amides is 3. The first kappa shape index (κ1) is 92.5. The van der Waals surface area contributed by atoms with E-state index in [-0.39, 0.29) is 57.2 Å². The van der Waals surface area contributed by atoms with Gasteiger partial charge < -0.3 is 44.7 Å². The van der Waals surface area contributed by atoms with Crippen LogP contribution in [-0.2, 0) is 32.5 Å². The number of rotatable bonds is 72. The predicted octanol–water partition coefficient (Wildman–Crippen LogP) is 17.1. The normalized spacial score (nSPS) is 14.1. The number of allylic oxidation sites excluding steroid dienone is 6. The van der Waals surface area contributed by atoms with Gasteiger partial charge in [0.25, 0.3) is 0 Å². The van der Waals surface area contributed by atoms with Crippen LogP contribution in [0.2, 0.25) is 0 Å². The topological polar surface area (TPSA) is 193 Å². The van der Waals surface area contributed by atoms with Crippen molar-refractivity contribution in [1.29, 1.82) is 0 Å². The van der Waals surface area contributed by atoms with Crippen LogP contribution in [0.15, 0.2) is 36.5 Å². The van der Waals surface area contributed by atoms with Crippen LogP contribution >= 0.6 is 7.82 Å². The first-order valence-electron chi connectivity index (χ1n) is 39.5. The summed E-state index contributed by atoms with van der Waals surface area (Å²) in [5.41, 5.74) is 0. The smallest absolute Gasteiger partial charge is 0.385 e. The Balaban J connectivity index is 5.07. The Kier molecular flexibility index (Phi) is 62.0. The van der Waals surface area contributed by atoms with Crippen molar-refractivity contribution in [1.82, 2.24) is 16.0 Å². The number of hydrogen-bond acceptors (Lipinski definition) is 10.